The molecular weight excluding hydrogens is 336 g/mol. The van der Waals surface area contributed by atoms with E-state index in [1.54, 1.807) is 24.5 Å². The Bertz CT molecular complexity index is 977. The predicted octanol–water partition coefficient (Wildman–Crippen LogP) is 1.68. The molecule has 0 unspecified atom stereocenters. The average molecular weight is 356 g/mol. The molecule has 25 heavy (non-hydrogen) atoms. The number of nitrogens with zero attached hydrogens (tertiary/aromatic N) is 3. The number of nitrogens with one attached hydrogen (secondary N) is 1. The van der Waals surface area contributed by atoms with Crippen molar-refractivity contribution in [2.24, 2.45) is 0 Å². The van der Waals surface area contributed by atoms with Crippen molar-refractivity contribution in [1.82, 2.24) is 19.2 Å². The molecule has 1 fully saturated rings. The number of hydrogen-bond donors (Lipinski definition) is 1. The Morgan fingerprint density at radius 1 is 1.08 bits per heavy atom. The van der Waals surface area contributed by atoms with Gasteiger partial charge in [0.05, 0.1) is 5.52 Å². The molecule has 0 atom stereocenters. The number of rotatable bonds is 4. The average Bonchev–Trinajstić information content (AvgIpc) is 3.09. The van der Waals surface area contributed by atoms with Crippen LogP contribution in [0.3, 0.4) is 0 Å². The molecule has 0 radical (unpaired) electrons. The van der Waals surface area contributed by atoms with Crippen molar-refractivity contribution in [2.45, 2.75) is 11.4 Å². The van der Waals surface area contributed by atoms with Crippen LogP contribution >= 0.6 is 0 Å². The molecule has 3 aromatic rings. The lowest BCUT2D eigenvalue weighted by atomic mass is 10.1. The minimum atomic E-state index is -3.64. The van der Waals surface area contributed by atoms with Gasteiger partial charge in [0.2, 0.25) is 0 Å². The van der Waals surface area contributed by atoms with E-state index in [1.807, 2.05) is 18.2 Å². The molecule has 6 nitrogen and oxygen atoms in total. The van der Waals surface area contributed by atoms with Crippen LogP contribution in [-0.2, 0) is 16.6 Å². The van der Waals surface area contributed by atoms with Gasteiger partial charge in [-0.1, -0.05) is 12.1 Å². The van der Waals surface area contributed by atoms with Gasteiger partial charge < -0.3 is 5.32 Å². The fourth-order valence-corrected chi connectivity index (χ4v) is 4.59. The van der Waals surface area contributed by atoms with Gasteiger partial charge in [-0.15, -0.1) is 0 Å². The first-order valence-corrected chi connectivity index (χ1v) is 9.78. The Hall–Kier alpha value is -2.22. The van der Waals surface area contributed by atoms with E-state index in [4.69, 9.17) is 0 Å². The topological polar surface area (TPSA) is 67.2 Å². The molecule has 4 rings (SSSR count). The molecule has 1 aliphatic rings. The SMILES string of the molecule is O=S(=O)(c1cccnc1)n1ccc2c(CN3CCNCC3)cccc21. The molecule has 1 aliphatic heterocycles. The molecule has 130 valence electrons. The molecule has 0 aliphatic carbocycles. The summed E-state index contributed by atoms with van der Waals surface area (Å²) < 4.78 is 27.2. The van der Waals surface area contributed by atoms with Crippen LogP contribution in [0.15, 0.2) is 59.9 Å². The van der Waals surface area contributed by atoms with Crippen LogP contribution in [0.2, 0.25) is 0 Å². The lowest BCUT2D eigenvalue weighted by molar-refractivity contribution is 0.234. The largest absolute Gasteiger partial charge is 0.314 e. The first kappa shape index (κ1) is 16.3. The molecule has 0 spiro atoms. The Balaban J connectivity index is 1.74. The lowest BCUT2D eigenvalue weighted by Gasteiger charge is -2.27. The molecular formula is C18H20N4O2S. The fourth-order valence-electron chi connectivity index (χ4n) is 3.28. The Morgan fingerprint density at radius 2 is 1.92 bits per heavy atom. The van der Waals surface area contributed by atoms with Crippen molar-refractivity contribution < 1.29 is 8.42 Å². The number of piperazine rings is 1. The highest BCUT2D eigenvalue weighted by Crippen LogP contribution is 2.25. The highest BCUT2D eigenvalue weighted by atomic mass is 32.2. The van der Waals surface area contributed by atoms with Crippen LogP contribution in [-0.4, -0.2) is 48.5 Å². The molecule has 0 bridgehead atoms. The third-order valence-corrected chi connectivity index (χ3v) is 6.26. The summed E-state index contributed by atoms with van der Waals surface area (Å²) >= 11 is 0. The minimum Gasteiger partial charge on any atom is -0.314 e. The third-order valence-electron chi connectivity index (χ3n) is 4.58. The lowest BCUT2D eigenvalue weighted by Crippen LogP contribution is -2.42. The van der Waals surface area contributed by atoms with Gasteiger partial charge in [-0.2, -0.15) is 0 Å². The summed E-state index contributed by atoms with van der Waals surface area (Å²) in [4.78, 5) is 6.51. The second kappa shape index (κ2) is 6.59. The van der Waals surface area contributed by atoms with Crippen LogP contribution in [0, 0.1) is 0 Å². The quantitative estimate of drug-likeness (QED) is 0.770. The Labute approximate surface area is 147 Å². The standard InChI is InChI=1S/C18H20N4O2S/c23-25(24,16-4-2-7-20-13-16)22-10-6-17-15(3-1-5-18(17)22)14-21-11-8-19-9-12-21/h1-7,10,13,19H,8-9,11-12,14H2. The van der Waals surface area contributed by atoms with Crippen molar-refractivity contribution in [3.8, 4) is 0 Å². The Morgan fingerprint density at radius 3 is 2.68 bits per heavy atom. The highest BCUT2D eigenvalue weighted by molar-refractivity contribution is 7.90. The van der Waals surface area contributed by atoms with Gasteiger partial charge in [-0.25, -0.2) is 12.4 Å². The summed E-state index contributed by atoms with van der Waals surface area (Å²) in [6.45, 7) is 4.82. The molecule has 0 saturated carbocycles. The normalized spacial score (nSPS) is 16.3. The summed E-state index contributed by atoms with van der Waals surface area (Å²) in [5.41, 5.74) is 1.86. The number of aromatic nitrogens is 2. The zero-order valence-electron chi connectivity index (χ0n) is 13.8. The van der Waals surface area contributed by atoms with E-state index in [-0.39, 0.29) is 4.90 Å². The summed E-state index contributed by atoms with van der Waals surface area (Å²) in [5.74, 6) is 0. The Kier molecular flexibility index (Phi) is 4.29. The summed E-state index contributed by atoms with van der Waals surface area (Å²) in [6, 6.07) is 10.9. The van der Waals surface area contributed by atoms with E-state index in [0.29, 0.717) is 5.52 Å². The molecule has 1 aromatic carbocycles. The number of fused-ring (bicyclic) bond motifs is 1. The highest BCUT2D eigenvalue weighted by Gasteiger charge is 2.20. The van der Waals surface area contributed by atoms with Crippen molar-refractivity contribution in [3.05, 3.63) is 60.6 Å². The molecule has 7 heteroatoms. The monoisotopic (exact) mass is 356 g/mol. The zero-order chi connectivity index (χ0) is 17.3. The van der Waals surface area contributed by atoms with Crippen molar-refractivity contribution in [3.63, 3.8) is 0 Å². The van der Waals surface area contributed by atoms with Gasteiger partial charge in [0, 0.05) is 56.7 Å². The maximum atomic E-state index is 12.9. The molecule has 0 amide bonds. The first-order valence-electron chi connectivity index (χ1n) is 8.34. The van der Waals surface area contributed by atoms with Crippen molar-refractivity contribution in [1.29, 1.82) is 0 Å². The second-order valence-corrected chi connectivity index (χ2v) is 8.00. The predicted molar refractivity (Wildman–Crippen MR) is 96.9 cm³/mol. The van der Waals surface area contributed by atoms with E-state index < -0.39 is 10.0 Å². The third kappa shape index (κ3) is 3.06. The molecule has 1 saturated heterocycles. The van der Waals surface area contributed by atoms with E-state index in [0.717, 1.165) is 43.7 Å². The molecule has 1 N–H and O–H groups in total. The molecule has 2 aromatic heterocycles. The van der Waals surface area contributed by atoms with Crippen LogP contribution in [0.5, 0.6) is 0 Å². The van der Waals surface area contributed by atoms with Gasteiger partial charge >= 0.3 is 0 Å². The zero-order valence-corrected chi connectivity index (χ0v) is 14.6. The molecule has 3 heterocycles. The maximum Gasteiger partial charge on any atom is 0.269 e. The number of pyridine rings is 1. The van der Waals surface area contributed by atoms with Gasteiger partial charge in [0.25, 0.3) is 10.0 Å². The van der Waals surface area contributed by atoms with Crippen LogP contribution < -0.4 is 5.32 Å². The van der Waals surface area contributed by atoms with E-state index in [1.165, 1.54) is 10.2 Å². The van der Waals surface area contributed by atoms with Crippen molar-refractivity contribution in [2.75, 3.05) is 26.2 Å². The number of hydrogen-bond acceptors (Lipinski definition) is 5. The van der Waals surface area contributed by atoms with E-state index >= 15 is 0 Å². The second-order valence-electron chi connectivity index (χ2n) is 6.18. The van der Waals surface area contributed by atoms with Gasteiger partial charge in [0.15, 0.2) is 0 Å². The number of benzene rings is 1. The van der Waals surface area contributed by atoms with E-state index in [9.17, 15) is 8.42 Å². The van der Waals surface area contributed by atoms with Gasteiger partial charge in [0.1, 0.15) is 4.90 Å². The maximum absolute atomic E-state index is 12.9. The van der Waals surface area contributed by atoms with Gasteiger partial charge in [-0.3, -0.25) is 9.88 Å². The summed E-state index contributed by atoms with van der Waals surface area (Å²) in [5, 5.41) is 4.33. The smallest absolute Gasteiger partial charge is 0.269 e. The van der Waals surface area contributed by atoms with E-state index in [2.05, 4.69) is 21.3 Å². The van der Waals surface area contributed by atoms with Crippen LogP contribution in [0.1, 0.15) is 5.56 Å². The first-order chi connectivity index (χ1) is 12.2. The summed E-state index contributed by atoms with van der Waals surface area (Å²) in [7, 11) is -3.64. The minimum absolute atomic E-state index is 0.194. The van der Waals surface area contributed by atoms with Gasteiger partial charge in [-0.05, 0) is 29.8 Å². The summed E-state index contributed by atoms with van der Waals surface area (Å²) in [6.07, 6.45) is 4.58. The fraction of sp³-hybridized carbons (Fsp3) is 0.278. The van der Waals surface area contributed by atoms with Crippen LogP contribution in [0.25, 0.3) is 10.9 Å². The van der Waals surface area contributed by atoms with Crippen LogP contribution in [0.4, 0.5) is 0 Å². The van der Waals surface area contributed by atoms with Crippen molar-refractivity contribution >= 4 is 20.9 Å².